The standard InChI is InChI=1S/C27H32Cl2FN3O3/c1-27(2,36-24-12-7-16(28)13-22(24)29)26(35)33-19-6-4-3-5-18(14-19)31-20-10-11-21(23(30)15-20)25(34)32-17-8-9-17/h7,10-13,15,17-19,31H,3-6,8-9,14H2,1-2H3,(H,32,34)(H,33,35). The van der Waals surface area contributed by atoms with Gasteiger partial charge in [-0.05, 0) is 82.3 Å². The minimum atomic E-state index is -1.15. The second-order valence-corrected chi connectivity index (χ2v) is 11.0. The van der Waals surface area contributed by atoms with Crippen LogP contribution in [0.3, 0.4) is 0 Å². The van der Waals surface area contributed by atoms with Gasteiger partial charge in [0.05, 0.1) is 10.6 Å². The van der Waals surface area contributed by atoms with Crippen LogP contribution >= 0.6 is 23.2 Å². The van der Waals surface area contributed by atoms with E-state index >= 15 is 0 Å². The van der Waals surface area contributed by atoms with Gasteiger partial charge in [0.15, 0.2) is 5.60 Å². The molecule has 2 aliphatic rings. The zero-order valence-electron chi connectivity index (χ0n) is 20.5. The first kappa shape index (κ1) is 26.6. The Bertz CT molecular complexity index is 1120. The number of anilines is 1. The van der Waals surface area contributed by atoms with Crippen molar-refractivity contribution in [1.29, 1.82) is 0 Å². The highest BCUT2D eigenvalue weighted by atomic mass is 35.5. The van der Waals surface area contributed by atoms with Crippen LogP contribution in [0.1, 0.15) is 69.2 Å². The topological polar surface area (TPSA) is 79.5 Å². The van der Waals surface area contributed by atoms with E-state index in [1.54, 1.807) is 38.1 Å². The predicted molar refractivity (Wildman–Crippen MR) is 140 cm³/mol. The fourth-order valence-corrected chi connectivity index (χ4v) is 4.82. The lowest BCUT2D eigenvalue weighted by Gasteiger charge is -2.29. The molecule has 2 unspecified atom stereocenters. The average Bonchev–Trinajstić information content (AvgIpc) is 3.64. The van der Waals surface area contributed by atoms with Crippen molar-refractivity contribution in [3.63, 3.8) is 0 Å². The number of benzene rings is 2. The highest BCUT2D eigenvalue weighted by Crippen LogP contribution is 2.31. The second-order valence-electron chi connectivity index (χ2n) is 10.2. The SMILES string of the molecule is CC(C)(Oc1ccc(Cl)cc1Cl)C(=O)NC1CCCCC(Nc2ccc(C(=O)NC3CC3)c(F)c2)C1. The molecule has 194 valence electrons. The van der Waals surface area contributed by atoms with Crippen LogP contribution in [0.5, 0.6) is 5.75 Å². The molecule has 0 spiro atoms. The number of hydrogen-bond donors (Lipinski definition) is 3. The van der Waals surface area contributed by atoms with Gasteiger partial charge in [0, 0.05) is 28.8 Å². The summed E-state index contributed by atoms with van der Waals surface area (Å²) in [5, 5.41) is 10.2. The maximum Gasteiger partial charge on any atom is 0.263 e. The largest absolute Gasteiger partial charge is 0.476 e. The minimum Gasteiger partial charge on any atom is -0.476 e. The zero-order valence-corrected chi connectivity index (χ0v) is 22.0. The molecule has 2 amide bonds. The molecular formula is C27H32Cl2FN3O3. The van der Waals surface area contributed by atoms with E-state index < -0.39 is 11.4 Å². The Hall–Kier alpha value is -2.51. The van der Waals surface area contributed by atoms with E-state index in [0.29, 0.717) is 27.9 Å². The van der Waals surface area contributed by atoms with Crippen molar-refractivity contribution in [3.05, 3.63) is 57.8 Å². The van der Waals surface area contributed by atoms with Gasteiger partial charge in [-0.2, -0.15) is 0 Å². The molecule has 2 aliphatic carbocycles. The summed E-state index contributed by atoms with van der Waals surface area (Å²) in [6.07, 6.45) is 6.30. The lowest BCUT2D eigenvalue weighted by molar-refractivity contribution is -0.135. The van der Waals surface area contributed by atoms with E-state index in [1.165, 1.54) is 12.1 Å². The highest BCUT2D eigenvalue weighted by Gasteiger charge is 2.33. The number of carbonyl (C=O) groups is 2. The van der Waals surface area contributed by atoms with Gasteiger partial charge in [0.1, 0.15) is 11.6 Å². The van der Waals surface area contributed by atoms with Gasteiger partial charge in [-0.1, -0.05) is 36.0 Å². The van der Waals surface area contributed by atoms with Crippen molar-refractivity contribution in [3.8, 4) is 5.75 Å². The van der Waals surface area contributed by atoms with Crippen molar-refractivity contribution in [1.82, 2.24) is 10.6 Å². The maximum absolute atomic E-state index is 14.6. The predicted octanol–water partition coefficient (Wildman–Crippen LogP) is 6.11. The van der Waals surface area contributed by atoms with Crippen LogP contribution in [-0.2, 0) is 4.79 Å². The van der Waals surface area contributed by atoms with Crippen LogP contribution < -0.4 is 20.7 Å². The minimum absolute atomic E-state index is 0.0538. The third-order valence-electron chi connectivity index (χ3n) is 6.56. The fraction of sp³-hybridized carbons (Fsp3) is 0.481. The Morgan fingerprint density at radius 2 is 1.67 bits per heavy atom. The zero-order chi connectivity index (χ0) is 25.9. The summed E-state index contributed by atoms with van der Waals surface area (Å²) < 4.78 is 20.6. The van der Waals surface area contributed by atoms with E-state index in [2.05, 4.69) is 16.0 Å². The highest BCUT2D eigenvalue weighted by molar-refractivity contribution is 6.35. The van der Waals surface area contributed by atoms with Gasteiger partial charge in [0.2, 0.25) is 0 Å². The number of hydrogen-bond acceptors (Lipinski definition) is 4. The lowest BCUT2D eigenvalue weighted by Crippen LogP contribution is -2.50. The first-order valence-corrected chi connectivity index (χ1v) is 13.2. The molecule has 4 rings (SSSR count). The molecule has 0 aliphatic heterocycles. The monoisotopic (exact) mass is 535 g/mol. The molecule has 2 atom stereocenters. The fourth-order valence-electron chi connectivity index (χ4n) is 4.38. The number of amides is 2. The number of carbonyl (C=O) groups excluding carboxylic acids is 2. The molecule has 2 aromatic rings. The van der Waals surface area contributed by atoms with Crippen molar-refractivity contribution in [2.75, 3.05) is 5.32 Å². The summed E-state index contributed by atoms with van der Waals surface area (Å²) in [5.41, 5.74) is -0.470. The molecule has 0 bridgehead atoms. The molecule has 3 N–H and O–H groups in total. The maximum atomic E-state index is 14.6. The molecule has 36 heavy (non-hydrogen) atoms. The van der Waals surface area contributed by atoms with Gasteiger partial charge in [-0.25, -0.2) is 4.39 Å². The Balaban J connectivity index is 1.35. The Labute approximate surface area is 221 Å². The summed E-state index contributed by atoms with van der Waals surface area (Å²) in [6, 6.07) is 9.66. The summed E-state index contributed by atoms with van der Waals surface area (Å²) in [6.45, 7) is 3.40. The van der Waals surface area contributed by atoms with Crippen LogP contribution in [0, 0.1) is 5.82 Å². The Kier molecular flexibility index (Phi) is 8.30. The number of rotatable bonds is 8. The summed E-state index contributed by atoms with van der Waals surface area (Å²) in [4.78, 5) is 25.3. The van der Waals surface area contributed by atoms with Crippen molar-refractivity contribution < 1.29 is 18.7 Å². The summed E-state index contributed by atoms with van der Waals surface area (Å²) in [7, 11) is 0. The molecule has 0 saturated heterocycles. The van der Waals surface area contributed by atoms with Gasteiger partial charge in [0.25, 0.3) is 11.8 Å². The molecule has 2 aromatic carbocycles. The molecular weight excluding hydrogens is 504 g/mol. The normalized spacial score (nSPS) is 20.2. The van der Waals surface area contributed by atoms with Crippen LogP contribution in [0.15, 0.2) is 36.4 Å². The van der Waals surface area contributed by atoms with Crippen molar-refractivity contribution >= 4 is 40.7 Å². The van der Waals surface area contributed by atoms with Crippen LogP contribution in [-0.4, -0.2) is 35.5 Å². The van der Waals surface area contributed by atoms with Gasteiger partial charge >= 0.3 is 0 Å². The summed E-state index contributed by atoms with van der Waals surface area (Å²) >= 11 is 12.2. The second kappa shape index (κ2) is 11.3. The first-order chi connectivity index (χ1) is 17.1. The van der Waals surface area contributed by atoms with E-state index in [-0.39, 0.29) is 35.5 Å². The van der Waals surface area contributed by atoms with Crippen molar-refractivity contribution in [2.24, 2.45) is 0 Å². The molecule has 2 fully saturated rings. The van der Waals surface area contributed by atoms with E-state index in [4.69, 9.17) is 27.9 Å². The average molecular weight is 536 g/mol. The van der Waals surface area contributed by atoms with E-state index in [9.17, 15) is 14.0 Å². The van der Waals surface area contributed by atoms with Crippen LogP contribution in [0.2, 0.25) is 10.0 Å². The third kappa shape index (κ3) is 7.04. The van der Waals surface area contributed by atoms with Crippen LogP contribution in [0.4, 0.5) is 10.1 Å². The van der Waals surface area contributed by atoms with Crippen molar-refractivity contribution in [2.45, 2.75) is 82.5 Å². The molecule has 0 heterocycles. The Morgan fingerprint density at radius 1 is 0.944 bits per heavy atom. The van der Waals surface area contributed by atoms with Gasteiger partial charge in [-0.15, -0.1) is 0 Å². The van der Waals surface area contributed by atoms with Crippen LogP contribution in [0.25, 0.3) is 0 Å². The smallest absolute Gasteiger partial charge is 0.263 e. The van der Waals surface area contributed by atoms with E-state index in [1.807, 2.05) is 0 Å². The number of ether oxygens (including phenoxy) is 1. The lowest BCUT2D eigenvalue weighted by atomic mass is 10.0. The van der Waals surface area contributed by atoms with Gasteiger partial charge < -0.3 is 20.7 Å². The number of nitrogens with one attached hydrogen (secondary N) is 3. The molecule has 9 heteroatoms. The third-order valence-corrected chi connectivity index (χ3v) is 7.09. The summed E-state index contributed by atoms with van der Waals surface area (Å²) in [5.74, 6) is -0.769. The van der Waals surface area contributed by atoms with E-state index in [0.717, 1.165) is 38.5 Å². The van der Waals surface area contributed by atoms with Gasteiger partial charge in [-0.3, -0.25) is 9.59 Å². The molecule has 6 nitrogen and oxygen atoms in total. The quantitative estimate of drug-likeness (QED) is 0.356. The number of halogens is 3. The molecule has 0 aromatic heterocycles. The Morgan fingerprint density at radius 3 is 2.33 bits per heavy atom. The first-order valence-electron chi connectivity index (χ1n) is 12.4. The molecule has 0 radical (unpaired) electrons. The molecule has 2 saturated carbocycles.